The molecule has 1 aromatic heterocycles. The van der Waals surface area contributed by atoms with Gasteiger partial charge in [-0.15, -0.1) is 5.10 Å². The largest absolute Gasteiger partial charge is 0.497 e. The minimum Gasteiger partial charge on any atom is -0.497 e. The summed E-state index contributed by atoms with van der Waals surface area (Å²) < 4.78 is 21.5. The number of nitrogens with one attached hydrogen (secondary N) is 1. The lowest BCUT2D eigenvalue weighted by atomic mass is 10.2. The molecule has 2 heterocycles. The molecule has 0 bridgehead atoms. The smallest absolute Gasteiger partial charge is 0.209 e. The Labute approximate surface area is 178 Å². The van der Waals surface area contributed by atoms with E-state index in [9.17, 15) is 4.39 Å². The lowest BCUT2D eigenvalue weighted by Crippen LogP contribution is -2.46. The van der Waals surface area contributed by atoms with Crippen LogP contribution in [0, 0.1) is 9.77 Å². The van der Waals surface area contributed by atoms with E-state index >= 15 is 0 Å². The highest BCUT2D eigenvalue weighted by Gasteiger charge is 2.18. The Kier molecular flexibility index (Phi) is 6.08. The molecule has 1 saturated heterocycles. The first-order valence-corrected chi connectivity index (χ1v) is 10.6. The zero-order valence-corrected chi connectivity index (χ0v) is 17.7. The first-order valence-electron chi connectivity index (χ1n) is 9.33. The summed E-state index contributed by atoms with van der Waals surface area (Å²) in [4.78, 5) is 4.68. The van der Waals surface area contributed by atoms with E-state index in [0.717, 1.165) is 31.9 Å². The molecule has 9 heteroatoms. The molecule has 1 aliphatic rings. The van der Waals surface area contributed by atoms with Crippen LogP contribution in [0.25, 0.3) is 0 Å². The molecule has 0 saturated carbocycles. The monoisotopic (exact) mass is 431 g/mol. The van der Waals surface area contributed by atoms with Crippen molar-refractivity contribution in [2.24, 2.45) is 0 Å². The minimum absolute atomic E-state index is 0.310. The molecule has 1 N–H and O–H groups in total. The van der Waals surface area contributed by atoms with Crippen LogP contribution in [0.4, 0.5) is 20.9 Å². The summed E-state index contributed by atoms with van der Waals surface area (Å²) in [6.07, 6.45) is 0. The van der Waals surface area contributed by atoms with Crippen molar-refractivity contribution in [1.29, 1.82) is 0 Å². The highest BCUT2D eigenvalue weighted by Crippen LogP contribution is 2.23. The predicted molar refractivity (Wildman–Crippen MR) is 117 cm³/mol. The number of anilines is 3. The van der Waals surface area contributed by atoms with Gasteiger partial charge in [0.2, 0.25) is 5.13 Å². The van der Waals surface area contributed by atoms with E-state index in [0.29, 0.717) is 21.4 Å². The van der Waals surface area contributed by atoms with Crippen molar-refractivity contribution >= 4 is 40.1 Å². The number of hydrogen-bond donors (Lipinski definition) is 1. The van der Waals surface area contributed by atoms with Gasteiger partial charge in [0.25, 0.3) is 0 Å². The maximum absolute atomic E-state index is 13.8. The topological polar surface area (TPSA) is 45.6 Å². The molecule has 2 aromatic carbocycles. The molecule has 0 unspecified atom stereocenters. The van der Waals surface area contributed by atoms with Crippen molar-refractivity contribution in [3.8, 4) is 5.75 Å². The van der Waals surface area contributed by atoms with Gasteiger partial charge in [-0.1, -0.05) is 23.5 Å². The fourth-order valence-corrected chi connectivity index (χ4v) is 4.26. The van der Waals surface area contributed by atoms with E-state index in [1.54, 1.807) is 30.0 Å². The molecule has 1 fully saturated rings. The van der Waals surface area contributed by atoms with Crippen LogP contribution in [-0.2, 0) is 6.67 Å². The number of aromatic nitrogens is 2. The van der Waals surface area contributed by atoms with E-state index in [-0.39, 0.29) is 5.82 Å². The number of benzene rings is 2. The van der Waals surface area contributed by atoms with Crippen LogP contribution < -0.4 is 15.0 Å². The van der Waals surface area contributed by atoms with Crippen LogP contribution in [0.2, 0.25) is 0 Å². The normalized spacial score (nSPS) is 14.8. The molecule has 1 aliphatic heterocycles. The second kappa shape index (κ2) is 8.89. The lowest BCUT2D eigenvalue weighted by Gasteiger charge is -2.35. The van der Waals surface area contributed by atoms with E-state index in [2.05, 4.69) is 32.3 Å². The fourth-order valence-electron chi connectivity index (χ4n) is 3.25. The zero-order chi connectivity index (χ0) is 20.2. The predicted octanol–water partition coefficient (Wildman–Crippen LogP) is 4.35. The fraction of sp³-hybridized carbons (Fsp3) is 0.300. The van der Waals surface area contributed by atoms with E-state index in [1.165, 1.54) is 23.1 Å². The summed E-state index contributed by atoms with van der Waals surface area (Å²) in [5.74, 6) is 0.555. The third kappa shape index (κ3) is 4.75. The van der Waals surface area contributed by atoms with Crippen molar-refractivity contribution in [3.05, 3.63) is 58.3 Å². The van der Waals surface area contributed by atoms with Crippen molar-refractivity contribution < 1.29 is 9.13 Å². The summed E-state index contributed by atoms with van der Waals surface area (Å²) in [7, 11) is 1.68. The average Bonchev–Trinajstić information content (AvgIpc) is 3.09. The van der Waals surface area contributed by atoms with E-state index in [4.69, 9.17) is 17.0 Å². The maximum Gasteiger partial charge on any atom is 0.209 e. The number of nitrogens with zero attached hydrogens (tertiary/aromatic N) is 4. The first-order chi connectivity index (χ1) is 14.1. The molecule has 3 aromatic rings. The number of hydrogen-bond acceptors (Lipinski definition) is 7. The third-order valence-electron chi connectivity index (χ3n) is 4.87. The number of rotatable bonds is 6. The summed E-state index contributed by atoms with van der Waals surface area (Å²) in [6, 6.07) is 14.7. The second-order valence-corrected chi connectivity index (χ2v) is 8.34. The van der Waals surface area contributed by atoms with Crippen molar-refractivity contribution in [2.45, 2.75) is 6.67 Å². The van der Waals surface area contributed by atoms with Gasteiger partial charge in [0.15, 0.2) is 3.95 Å². The maximum atomic E-state index is 13.8. The number of methoxy groups -OCH3 is 1. The van der Waals surface area contributed by atoms with Gasteiger partial charge in [0.05, 0.1) is 19.5 Å². The molecule has 0 amide bonds. The second-order valence-electron chi connectivity index (χ2n) is 6.72. The van der Waals surface area contributed by atoms with Gasteiger partial charge in [-0.25, -0.2) is 9.07 Å². The van der Waals surface area contributed by atoms with Gasteiger partial charge in [-0.05, 0) is 48.6 Å². The molecule has 0 radical (unpaired) electrons. The first kappa shape index (κ1) is 19.8. The standard InChI is InChI=1S/C20H22FN5OS2/c1-27-16-8-6-15(7-9-16)25-12-10-24(11-13-25)14-26-20(28)29-19(23-26)22-18-5-3-2-4-17(18)21/h2-9H,10-14H2,1H3,(H,22,23). The van der Waals surface area contributed by atoms with Gasteiger partial charge in [0.1, 0.15) is 11.6 Å². The van der Waals surface area contributed by atoms with Crippen LogP contribution in [0.15, 0.2) is 48.5 Å². The number of piperazine rings is 1. The highest BCUT2D eigenvalue weighted by molar-refractivity contribution is 7.73. The molecule has 0 aliphatic carbocycles. The number of halogens is 1. The quantitative estimate of drug-likeness (QED) is 0.586. The summed E-state index contributed by atoms with van der Waals surface area (Å²) in [6.45, 7) is 4.34. The van der Waals surface area contributed by atoms with E-state index < -0.39 is 0 Å². The van der Waals surface area contributed by atoms with Gasteiger partial charge >= 0.3 is 0 Å². The average molecular weight is 432 g/mol. The molecular formula is C20H22FN5OS2. The molecule has 0 atom stereocenters. The zero-order valence-electron chi connectivity index (χ0n) is 16.0. The minimum atomic E-state index is -0.310. The van der Waals surface area contributed by atoms with Crippen LogP contribution in [0.3, 0.4) is 0 Å². The van der Waals surface area contributed by atoms with Crippen molar-refractivity contribution in [3.63, 3.8) is 0 Å². The van der Waals surface area contributed by atoms with Crippen molar-refractivity contribution in [2.75, 3.05) is 43.5 Å². The molecular weight excluding hydrogens is 409 g/mol. The molecule has 6 nitrogen and oxygen atoms in total. The summed E-state index contributed by atoms with van der Waals surface area (Å²) >= 11 is 6.80. The lowest BCUT2D eigenvalue weighted by molar-refractivity contribution is 0.195. The number of para-hydroxylation sites is 1. The Morgan fingerprint density at radius 3 is 2.52 bits per heavy atom. The molecule has 29 heavy (non-hydrogen) atoms. The van der Waals surface area contributed by atoms with Gasteiger partial charge in [-0.3, -0.25) is 4.90 Å². The van der Waals surface area contributed by atoms with Gasteiger partial charge < -0.3 is 15.0 Å². The molecule has 0 spiro atoms. The summed E-state index contributed by atoms with van der Waals surface area (Å²) in [5.41, 5.74) is 1.60. The van der Waals surface area contributed by atoms with Crippen LogP contribution in [0.1, 0.15) is 0 Å². The Balaban J connectivity index is 1.35. The van der Waals surface area contributed by atoms with Crippen LogP contribution >= 0.6 is 23.6 Å². The van der Waals surface area contributed by atoms with Crippen molar-refractivity contribution in [1.82, 2.24) is 14.7 Å². The Morgan fingerprint density at radius 1 is 1.10 bits per heavy atom. The van der Waals surface area contributed by atoms with Gasteiger partial charge in [-0.2, -0.15) is 0 Å². The van der Waals surface area contributed by atoms with Crippen LogP contribution in [0.5, 0.6) is 5.75 Å². The Hall–Kier alpha value is -2.49. The Morgan fingerprint density at radius 2 is 1.83 bits per heavy atom. The molecule has 152 valence electrons. The summed E-state index contributed by atoms with van der Waals surface area (Å²) in [5, 5.41) is 8.13. The van der Waals surface area contributed by atoms with Gasteiger partial charge in [0, 0.05) is 31.9 Å². The molecule has 4 rings (SSSR count). The van der Waals surface area contributed by atoms with Crippen LogP contribution in [-0.4, -0.2) is 48.0 Å². The third-order valence-corrected chi connectivity index (χ3v) is 6.09. The number of ether oxygens (including phenoxy) is 1. The Bertz CT molecular complexity index is 1010. The van der Waals surface area contributed by atoms with E-state index in [1.807, 2.05) is 12.1 Å². The highest BCUT2D eigenvalue weighted by atomic mass is 32.1. The SMILES string of the molecule is COc1ccc(N2CCN(Cn3nc(Nc4ccccc4F)sc3=S)CC2)cc1.